The quantitative estimate of drug-likeness (QED) is 0.742. The van der Waals surface area contributed by atoms with Crippen LogP contribution in [0, 0.1) is 6.92 Å². The lowest BCUT2D eigenvalue weighted by Crippen LogP contribution is -2.14. The number of amides is 1. The number of aromatic nitrogens is 2. The Labute approximate surface area is 95.4 Å². The van der Waals surface area contributed by atoms with Gasteiger partial charge in [0.2, 0.25) is 0 Å². The first-order chi connectivity index (χ1) is 8.09. The molecule has 0 unspecified atom stereocenters. The van der Waals surface area contributed by atoms with Gasteiger partial charge in [-0.2, -0.15) is 5.10 Å². The summed E-state index contributed by atoms with van der Waals surface area (Å²) >= 11 is 0. The largest absolute Gasteiger partial charge is 0.476 e. The zero-order chi connectivity index (χ0) is 12.4. The second-order valence-corrected chi connectivity index (χ2v) is 3.35. The summed E-state index contributed by atoms with van der Waals surface area (Å²) in [5.74, 6) is -1.58. The predicted molar refractivity (Wildman–Crippen MR) is 56.9 cm³/mol. The smallest absolute Gasteiger partial charge is 0.356 e. The van der Waals surface area contributed by atoms with Crippen molar-refractivity contribution in [2.45, 2.75) is 6.92 Å². The highest BCUT2D eigenvalue weighted by molar-refractivity contribution is 6.06. The van der Waals surface area contributed by atoms with Gasteiger partial charge in [-0.1, -0.05) is 0 Å². The van der Waals surface area contributed by atoms with Crippen LogP contribution in [0.15, 0.2) is 22.9 Å². The van der Waals surface area contributed by atoms with Crippen molar-refractivity contribution in [1.29, 1.82) is 0 Å². The molecule has 0 spiro atoms. The Kier molecular flexibility index (Phi) is 2.65. The lowest BCUT2D eigenvalue weighted by atomic mass is 10.2. The molecule has 0 bridgehead atoms. The van der Waals surface area contributed by atoms with E-state index in [-0.39, 0.29) is 17.1 Å². The van der Waals surface area contributed by atoms with Gasteiger partial charge in [-0.15, -0.1) is 0 Å². The summed E-state index contributed by atoms with van der Waals surface area (Å²) in [5.41, 5.74) is 0.587. The SMILES string of the molecule is Cc1ccoc1C(=O)Nc1cn[nH]c1C(=O)O. The fourth-order valence-electron chi connectivity index (χ4n) is 1.33. The molecule has 88 valence electrons. The molecular formula is C10H9N3O4. The zero-order valence-electron chi connectivity index (χ0n) is 8.85. The first kappa shape index (κ1) is 10.9. The van der Waals surface area contributed by atoms with Crippen LogP contribution in [0.25, 0.3) is 0 Å². The van der Waals surface area contributed by atoms with Crippen LogP contribution in [0.1, 0.15) is 26.6 Å². The molecule has 3 N–H and O–H groups in total. The first-order valence-corrected chi connectivity index (χ1v) is 4.71. The van der Waals surface area contributed by atoms with Crippen molar-refractivity contribution in [2.24, 2.45) is 0 Å². The van der Waals surface area contributed by atoms with E-state index in [0.717, 1.165) is 0 Å². The lowest BCUT2D eigenvalue weighted by Gasteiger charge is -2.01. The molecule has 0 atom stereocenters. The van der Waals surface area contributed by atoms with E-state index in [9.17, 15) is 9.59 Å². The highest BCUT2D eigenvalue weighted by Crippen LogP contribution is 2.15. The minimum absolute atomic E-state index is 0.0956. The third kappa shape index (κ3) is 2.03. The zero-order valence-corrected chi connectivity index (χ0v) is 8.85. The molecule has 7 heteroatoms. The van der Waals surface area contributed by atoms with E-state index in [1.54, 1.807) is 13.0 Å². The molecule has 17 heavy (non-hydrogen) atoms. The fourth-order valence-corrected chi connectivity index (χ4v) is 1.33. The summed E-state index contributed by atoms with van der Waals surface area (Å²) in [6, 6.07) is 1.64. The minimum Gasteiger partial charge on any atom is -0.476 e. The van der Waals surface area contributed by atoms with Gasteiger partial charge >= 0.3 is 5.97 Å². The van der Waals surface area contributed by atoms with E-state index in [2.05, 4.69) is 15.5 Å². The van der Waals surface area contributed by atoms with Gasteiger partial charge in [-0.25, -0.2) is 4.79 Å². The molecule has 2 aromatic rings. The van der Waals surface area contributed by atoms with Crippen LogP contribution < -0.4 is 5.32 Å². The van der Waals surface area contributed by atoms with Gasteiger partial charge in [-0.05, 0) is 13.0 Å². The molecule has 2 heterocycles. The molecule has 2 rings (SSSR count). The third-order valence-corrected chi connectivity index (χ3v) is 2.17. The molecule has 2 aromatic heterocycles. The van der Waals surface area contributed by atoms with Gasteiger partial charge in [0, 0.05) is 5.56 Å². The number of carboxylic acids is 1. The third-order valence-electron chi connectivity index (χ3n) is 2.17. The highest BCUT2D eigenvalue weighted by atomic mass is 16.4. The second-order valence-electron chi connectivity index (χ2n) is 3.35. The number of carboxylic acid groups (broad SMARTS) is 1. The molecule has 0 aliphatic carbocycles. The van der Waals surface area contributed by atoms with Crippen LogP contribution in [-0.4, -0.2) is 27.2 Å². The van der Waals surface area contributed by atoms with Crippen LogP contribution in [0.2, 0.25) is 0 Å². The van der Waals surface area contributed by atoms with Crippen LogP contribution in [-0.2, 0) is 0 Å². The van der Waals surface area contributed by atoms with Crippen molar-refractivity contribution in [3.8, 4) is 0 Å². The average Bonchev–Trinajstić information content (AvgIpc) is 2.86. The van der Waals surface area contributed by atoms with Gasteiger partial charge < -0.3 is 14.8 Å². The number of carbonyl (C=O) groups excluding carboxylic acids is 1. The highest BCUT2D eigenvalue weighted by Gasteiger charge is 2.18. The fraction of sp³-hybridized carbons (Fsp3) is 0.100. The standard InChI is InChI=1S/C10H9N3O4/c1-5-2-3-17-8(5)9(14)12-6-4-11-13-7(6)10(15)16/h2-4H,1H3,(H,11,13)(H,12,14)(H,15,16). The molecule has 0 aliphatic rings. The Bertz CT molecular complexity index is 570. The lowest BCUT2D eigenvalue weighted by molar-refractivity contribution is 0.0691. The number of rotatable bonds is 3. The van der Waals surface area contributed by atoms with Crippen LogP contribution in [0.3, 0.4) is 0 Å². The van der Waals surface area contributed by atoms with Crippen molar-refractivity contribution >= 4 is 17.6 Å². The molecule has 0 saturated carbocycles. The van der Waals surface area contributed by atoms with Crippen molar-refractivity contribution < 1.29 is 19.1 Å². The molecular weight excluding hydrogens is 226 g/mol. The number of anilines is 1. The molecule has 0 saturated heterocycles. The maximum atomic E-state index is 11.7. The number of carbonyl (C=O) groups is 2. The Morgan fingerprint density at radius 1 is 1.53 bits per heavy atom. The van der Waals surface area contributed by atoms with Crippen LogP contribution >= 0.6 is 0 Å². The summed E-state index contributed by atoms with van der Waals surface area (Å²) in [5, 5.41) is 17.0. The van der Waals surface area contributed by atoms with Crippen LogP contribution in [0.4, 0.5) is 5.69 Å². The number of aromatic amines is 1. The number of aromatic carboxylic acids is 1. The molecule has 0 aliphatic heterocycles. The maximum absolute atomic E-state index is 11.7. The number of nitrogens with one attached hydrogen (secondary N) is 2. The van der Waals surface area contributed by atoms with E-state index < -0.39 is 11.9 Å². The summed E-state index contributed by atoms with van der Waals surface area (Å²) < 4.78 is 4.99. The maximum Gasteiger partial charge on any atom is 0.356 e. The van der Waals surface area contributed by atoms with Gasteiger partial charge in [-0.3, -0.25) is 9.89 Å². The number of furan rings is 1. The van der Waals surface area contributed by atoms with Gasteiger partial charge in [0.25, 0.3) is 5.91 Å². The Hall–Kier alpha value is -2.57. The average molecular weight is 235 g/mol. The number of hydrogen-bond donors (Lipinski definition) is 3. The molecule has 7 nitrogen and oxygen atoms in total. The van der Waals surface area contributed by atoms with E-state index in [1.165, 1.54) is 12.5 Å². The molecule has 0 aromatic carbocycles. The molecule has 0 radical (unpaired) electrons. The summed E-state index contributed by atoms with van der Waals surface area (Å²) in [6.45, 7) is 1.71. The van der Waals surface area contributed by atoms with Crippen LogP contribution in [0.5, 0.6) is 0 Å². The minimum atomic E-state index is -1.20. The number of aryl methyl sites for hydroxylation is 1. The summed E-state index contributed by atoms with van der Waals surface area (Å²) in [6.07, 6.45) is 2.61. The van der Waals surface area contributed by atoms with E-state index in [1.807, 2.05) is 0 Å². The van der Waals surface area contributed by atoms with Crippen molar-refractivity contribution in [3.05, 3.63) is 35.5 Å². The Balaban J connectivity index is 2.22. The summed E-state index contributed by atoms with van der Waals surface area (Å²) in [7, 11) is 0. The molecule has 0 fully saturated rings. The number of H-pyrrole nitrogens is 1. The van der Waals surface area contributed by atoms with E-state index >= 15 is 0 Å². The Morgan fingerprint density at radius 3 is 2.88 bits per heavy atom. The van der Waals surface area contributed by atoms with Gasteiger partial charge in [0.05, 0.1) is 18.1 Å². The predicted octanol–water partition coefficient (Wildman–Crippen LogP) is 1.26. The van der Waals surface area contributed by atoms with Gasteiger partial charge in [0.15, 0.2) is 11.5 Å². The Morgan fingerprint density at radius 2 is 2.29 bits per heavy atom. The first-order valence-electron chi connectivity index (χ1n) is 4.71. The van der Waals surface area contributed by atoms with E-state index in [4.69, 9.17) is 9.52 Å². The number of nitrogens with zero attached hydrogens (tertiary/aromatic N) is 1. The second kappa shape index (κ2) is 4.12. The molecule has 1 amide bonds. The van der Waals surface area contributed by atoms with Gasteiger partial charge in [0.1, 0.15) is 0 Å². The summed E-state index contributed by atoms with van der Waals surface area (Å²) in [4.78, 5) is 22.5. The normalized spacial score (nSPS) is 10.2. The van der Waals surface area contributed by atoms with Crippen molar-refractivity contribution in [1.82, 2.24) is 10.2 Å². The number of hydrogen-bond acceptors (Lipinski definition) is 4. The monoisotopic (exact) mass is 235 g/mol. The van der Waals surface area contributed by atoms with Crippen molar-refractivity contribution in [2.75, 3.05) is 5.32 Å². The topological polar surface area (TPSA) is 108 Å². The van der Waals surface area contributed by atoms with Crippen molar-refractivity contribution in [3.63, 3.8) is 0 Å². The van der Waals surface area contributed by atoms with E-state index in [0.29, 0.717) is 5.56 Å².